The van der Waals surface area contributed by atoms with Crippen LogP contribution in [0.2, 0.25) is 0 Å². The van der Waals surface area contributed by atoms with Gasteiger partial charge in [0.05, 0.1) is 12.2 Å². The highest BCUT2D eigenvalue weighted by Gasteiger charge is 2.17. The van der Waals surface area contributed by atoms with Gasteiger partial charge in [0.2, 0.25) is 0 Å². The SMILES string of the molecule is CCCCCCCCC(=O)O[C@H](C)CC[C@@H]1CCCO1. The normalized spacial score (nSPS) is 20.0. The molecule has 1 rings (SSSR count). The lowest BCUT2D eigenvalue weighted by Crippen LogP contribution is -2.17. The molecule has 0 amide bonds. The Kier molecular flexibility index (Phi) is 9.73. The zero-order valence-electron chi connectivity index (χ0n) is 13.4. The summed E-state index contributed by atoms with van der Waals surface area (Å²) in [4.78, 5) is 11.7. The first-order valence-corrected chi connectivity index (χ1v) is 8.53. The summed E-state index contributed by atoms with van der Waals surface area (Å²) >= 11 is 0. The van der Waals surface area contributed by atoms with Crippen LogP contribution >= 0.6 is 0 Å². The number of unbranched alkanes of at least 4 members (excludes halogenated alkanes) is 5. The van der Waals surface area contributed by atoms with Crippen LogP contribution in [-0.4, -0.2) is 24.8 Å². The van der Waals surface area contributed by atoms with E-state index < -0.39 is 0 Å². The van der Waals surface area contributed by atoms with Crippen LogP contribution in [0.5, 0.6) is 0 Å². The van der Waals surface area contributed by atoms with Crippen LogP contribution in [0.4, 0.5) is 0 Å². The maximum Gasteiger partial charge on any atom is 0.306 e. The minimum atomic E-state index is -0.0275. The number of rotatable bonds is 11. The molecule has 2 atom stereocenters. The average molecular weight is 284 g/mol. The van der Waals surface area contributed by atoms with Gasteiger partial charge in [-0.2, -0.15) is 0 Å². The molecule has 118 valence electrons. The number of esters is 1. The molecule has 0 aromatic rings. The summed E-state index contributed by atoms with van der Waals surface area (Å²) in [5, 5.41) is 0. The minimum Gasteiger partial charge on any atom is -0.463 e. The van der Waals surface area contributed by atoms with E-state index in [-0.39, 0.29) is 12.1 Å². The van der Waals surface area contributed by atoms with Crippen molar-refractivity contribution in [2.24, 2.45) is 0 Å². The summed E-state index contributed by atoms with van der Waals surface area (Å²) < 4.78 is 11.0. The topological polar surface area (TPSA) is 35.5 Å². The Morgan fingerprint density at radius 2 is 2.00 bits per heavy atom. The molecule has 1 aliphatic rings. The summed E-state index contributed by atoms with van der Waals surface area (Å²) in [7, 11) is 0. The van der Waals surface area contributed by atoms with Crippen LogP contribution in [-0.2, 0) is 14.3 Å². The largest absolute Gasteiger partial charge is 0.463 e. The molecular formula is C17H32O3. The van der Waals surface area contributed by atoms with E-state index in [2.05, 4.69) is 6.92 Å². The molecule has 0 aromatic carbocycles. The predicted octanol–water partition coefficient (Wildman–Crippen LogP) is 4.63. The van der Waals surface area contributed by atoms with Crippen molar-refractivity contribution < 1.29 is 14.3 Å². The number of carbonyl (C=O) groups excluding carboxylic acids is 1. The third-order valence-electron chi connectivity index (χ3n) is 3.99. The van der Waals surface area contributed by atoms with Crippen molar-refractivity contribution in [3.8, 4) is 0 Å². The lowest BCUT2D eigenvalue weighted by molar-refractivity contribution is -0.148. The van der Waals surface area contributed by atoms with Crippen molar-refractivity contribution in [3.63, 3.8) is 0 Å². The van der Waals surface area contributed by atoms with E-state index in [1.807, 2.05) is 6.92 Å². The molecule has 0 N–H and O–H groups in total. The summed E-state index contributed by atoms with van der Waals surface area (Å²) in [6, 6.07) is 0. The Labute approximate surface area is 124 Å². The van der Waals surface area contributed by atoms with Crippen LogP contribution in [0.1, 0.15) is 84.5 Å². The van der Waals surface area contributed by atoms with Gasteiger partial charge in [0.25, 0.3) is 0 Å². The van der Waals surface area contributed by atoms with Crippen molar-refractivity contribution in [2.45, 2.75) is 96.7 Å². The summed E-state index contributed by atoms with van der Waals surface area (Å²) in [6.45, 7) is 5.11. The summed E-state index contributed by atoms with van der Waals surface area (Å²) in [5.41, 5.74) is 0. The van der Waals surface area contributed by atoms with E-state index in [4.69, 9.17) is 9.47 Å². The van der Waals surface area contributed by atoms with E-state index in [0.717, 1.165) is 32.3 Å². The Hall–Kier alpha value is -0.570. The Morgan fingerprint density at radius 3 is 2.70 bits per heavy atom. The molecule has 1 saturated heterocycles. The molecule has 3 nitrogen and oxygen atoms in total. The maximum absolute atomic E-state index is 11.7. The monoisotopic (exact) mass is 284 g/mol. The Bertz CT molecular complexity index is 247. The minimum absolute atomic E-state index is 0.0275. The second-order valence-corrected chi connectivity index (χ2v) is 6.03. The van der Waals surface area contributed by atoms with Crippen LogP contribution in [0.3, 0.4) is 0 Å². The van der Waals surface area contributed by atoms with Crippen molar-refractivity contribution in [2.75, 3.05) is 6.61 Å². The highest BCUT2D eigenvalue weighted by molar-refractivity contribution is 5.69. The first kappa shape index (κ1) is 17.5. The molecule has 0 radical (unpaired) electrons. The van der Waals surface area contributed by atoms with Gasteiger partial charge in [0.1, 0.15) is 0 Å². The fraction of sp³-hybridized carbons (Fsp3) is 0.941. The third-order valence-corrected chi connectivity index (χ3v) is 3.99. The second-order valence-electron chi connectivity index (χ2n) is 6.03. The van der Waals surface area contributed by atoms with Gasteiger partial charge in [0, 0.05) is 13.0 Å². The quantitative estimate of drug-likeness (QED) is 0.410. The maximum atomic E-state index is 11.7. The molecule has 0 unspecified atom stereocenters. The van der Waals surface area contributed by atoms with Crippen molar-refractivity contribution >= 4 is 5.97 Å². The lowest BCUT2D eigenvalue weighted by atomic mass is 10.1. The highest BCUT2D eigenvalue weighted by atomic mass is 16.5. The van der Waals surface area contributed by atoms with Gasteiger partial charge < -0.3 is 9.47 Å². The number of carbonyl (C=O) groups is 1. The lowest BCUT2D eigenvalue weighted by Gasteiger charge is -2.15. The van der Waals surface area contributed by atoms with Gasteiger partial charge in [-0.15, -0.1) is 0 Å². The van der Waals surface area contributed by atoms with Crippen LogP contribution in [0.25, 0.3) is 0 Å². The molecular weight excluding hydrogens is 252 g/mol. The third kappa shape index (κ3) is 8.57. The molecule has 0 spiro atoms. The molecule has 1 fully saturated rings. The number of hydrogen-bond donors (Lipinski definition) is 0. The van der Waals surface area contributed by atoms with E-state index in [9.17, 15) is 4.79 Å². The molecule has 0 aliphatic carbocycles. The van der Waals surface area contributed by atoms with Crippen LogP contribution in [0.15, 0.2) is 0 Å². The molecule has 20 heavy (non-hydrogen) atoms. The Balaban J connectivity index is 1.94. The molecule has 3 heteroatoms. The van der Waals surface area contributed by atoms with Crippen LogP contribution in [0, 0.1) is 0 Å². The molecule has 0 saturated carbocycles. The average Bonchev–Trinajstić information content (AvgIpc) is 2.93. The van der Waals surface area contributed by atoms with E-state index in [1.165, 1.54) is 38.5 Å². The van der Waals surface area contributed by atoms with Crippen LogP contribution < -0.4 is 0 Å². The zero-order chi connectivity index (χ0) is 14.6. The molecule has 1 aliphatic heterocycles. The predicted molar refractivity (Wildman–Crippen MR) is 81.8 cm³/mol. The Morgan fingerprint density at radius 1 is 1.25 bits per heavy atom. The van der Waals surface area contributed by atoms with Gasteiger partial charge in [-0.05, 0) is 39.0 Å². The number of ether oxygens (including phenoxy) is 2. The first-order valence-electron chi connectivity index (χ1n) is 8.53. The van der Waals surface area contributed by atoms with Crippen molar-refractivity contribution in [3.05, 3.63) is 0 Å². The standard InChI is InChI=1S/C17H32O3/c1-3-4-5-6-7-8-11-17(18)20-15(2)12-13-16-10-9-14-19-16/h15-16H,3-14H2,1-2H3/t15-,16+/m1/s1. The smallest absolute Gasteiger partial charge is 0.306 e. The van der Waals surface area contributed by atoms with Crippen molar-refractivity contribution in [1.29, 1.82) is 0 Å². The van der Waals surface area contributed by atoms with Gasteiger partial charge >= 0.3 is 5.97 Å². The van der Waals surface area contributed by atoms with Crippen molar-refractivity contribution in [1.82, 2.24) is 0 Å². The van der Waals surface area contributed by atoms with Gasteiger partial charge in [-0.25, -0.2) is 0 Å². The highest BCUT2D eigenvalue weighted by Crippen LogP contribution is 2.18. The van der Waals surface area contributed by atoms with E-state index in [0.29, 0.717) is 12.5 Å². The van der Waals surface area contributed by atoms with E-state index >= 15 is 0 Å². The summed E-state index contributed by atoms with van der Waals surface area (Å²) in [5.74, 6) is -0.0275. The van der Waals surface area contributed by atoms with Gasteiger partial charge in [0.15, 0.2) is 0 Å². The van der Waals surface area contributed by atoms with E-state index in [1.54, 1.807) is 0 Å². The first-order chi connectivity index (χ1) is 9.72. The zero-order valence-corrected chi connectivity index (χ0v) is 13.4. The number of hydrogen-bond acceptors (Lipinski definition) is 3. The molecule has 0 aromatic heterocycles. The summed E-state index contributed by atoms with van der Waals surface area (Å²) in [6.07, 6.45) is 12.5. The fourth-order valence-electron chi connectivity index (χ4n) is 2.68. The molecule has 1 heterocycles. The van der Waals surface area contributed by atoms with Gasteiger partial charge in [-0.1, -0.05) is 39.0 Å². The van der Waals surface area contributed by atoms with Gasteiger partial charge in [-0.3, -0.25) is 4.79 Å². The second kappa shape index (κ2) is 11.1. The fourth-order valence-corrected chi connectivity index (χ4v) is 2.68. The molecule has 0 bridgehead atoms.